The maximum atomic E-state index is 13.8. The number of rotatable bonds is 32. The topological polar surface area (TPSA) is 351 Å². The van der Waals surface area contributed by atoms with E-state index in [0.717, 1.165) is 0 Å². The molecule has 0 aliphatic heterocycles. The first-order valence-corrected chi connectivity index (χ1v) is 22.9. The number of carboxylic acid groups (broad SMARTS) is 2. The van der Waals surface area contributed by atoms with Crippen LogP contribution in [0.3, 0.4) is 0 Å². The molecular formula is C41H75N9O12S. The Bertz CT molecular complexity index is 1540. The number of carboxylic acids is 2. The molecule has 63 heavy (non-hydrogen) atoms. The maximum Gasteiger partial charge on any atom is 0.305 e. The van der Waals surface area contributed by atoms with E-state index >= 15 is 0 Å². The van der Waals surface area contributed by atoms with Crippen LogP contribution < -0.4 is 48.7 Å². The summed E-state index contributed by atoms with van der Waals surface area (Å²) in [5, 5.41) is 48.2. The Labute approximate surface area is 375 Å². The van der Waals surface area contributed by atoms with Gasteiger partial charge in [-0.2, -0.15) is 11.8 Å². The lowest BCUT2D eigenvalue weighted by Gasteiger charge is -2.30. The number of carbonyl (C=O) groups is 9. The fourth-order valence-corrected chi connectivity index (χ4v) is 6.73. The van der Waals surface area contributed by atoms with Gasteiger partial charge in [-0.15, -0.1) is 0 Å². The van der Waals surface area contributed by atoms with Gasteiger partial charge in [0.15, 0.2) is 0 Å². The summed E-state index contributed by atoms with van der Waals surface area (Å²) in [4.78, 5) is 114. The van der Waals surface area contributed by atoms with Crippen LogP contribution in [-0.4, -0.2) is 142 Å². The highest BCUT2D eigenvalue weighted by atomic mass is 32.2. The molecule has 362 valence electrons. The van der Waals surface area contributed by atoms with Gasteiger partial charge in [0.05, 0.1) is 30.7 Å². The monoisotopic (exact) mass is 918 g/mol. The summed E-state index contributed by atoms with van der Waals surface area (Å²) in [6, 6.07) is -8.96. The first-order chi connectivity index (χ1) is 29.2. The molecule has 0 saturated heterocycles. The third-order valence-corrected chi connectivity index (χ3v) is 10.8. The van der Waals surface area contributed by atoms with Gasteiger partial charge < -0.3 is 64.0 Å². The Morgan fingerprint density at radius 2 is 1.16 bits per heavy atom. The summed E-state index contributed by atoms with van der Waals surface area (Å²) >= 11 is 1.47. The Morgan fingerprint density at radius 3 is 1.65 bits per heavy atom. The van der Waals surface area contributed by atoms with Crippen molar-refractivity contribution in [3.05, 3.63) is 0 Å². The van der Waals surface area contributed by atoms with Crippen LogP contribution in [-0.2, 0) is 43.2 Å². The van der Waals surface area contributed by atoms with Crippen molar-refractivity contribution in [3.63, 3.8) is 0 Å². The minimum Gasteiger partial charge on any atom is -0.481 e. The zero-order chi connectivity index (χ0) is 48.7. The Hall–Kier alpha value is -4.54. The smallest absolute Gasteiger partial charge is 0.305 e. The van der Waals surface area contributed by atoms with Gasteiger partial charge in [0.1, 0.15) is 30.2 Å². The number of hydrogen-bond acceptors (Lipinski definition) is 13. The molecule has 7 amide bonds. The van der Waals surface area contributed by atoms with E-state index in [-0.39, 0.29) is 50.0 Å². The van der Waals surface area contributed by atoms with Crippen LogP contribution in [0.15, 0.2) is 0 Å². The standard InChI is InChI=1S/C41H75N9O12S/c1-11-23(8)34(50-37(58)25(42)12-13-31(52)53)41(62)45-24(9)36(57)46-27(16-20(2)3)30(51)19-44-26(14-15-63-10)38(59)49-33(22(6)7)40(61)48-29(17-21(4)5)39(60)47-28(35(43)56)18-32(54)55/h20-30,33-34,44,51H,11-19,42H2,1-10H3,(H2,43,56)(H,45,62)(H,46,57)(H,47,60)(H,48,61)(H,49,59)(H,50,58)(H,52,53)(H,54,55)/t23-,24-,25-,26-,27-,28-,29-,30-,33-,34-/m0/s1. The number of primary amides is 1. The van der Waals surface area contributed by atoms with Gasteiger partial charge in [0.25, 0.3) is 0 Å². The quantitative estimate of drug-likeness (QED) is 0.0383. The van der Waals surface area contributed by atoms with E-state index in [1.165, 1.54) is 18.7 Å². The van der Waals surface area contributed by atoms with Crippen LogP contribution in [0, 0.1) is 23.7 Å². The van der Waals surface area contributed by atoms with E-state index in [1.54, 1.807) is 34.6 Å². The molecule has 0 aliphatic carbocycles. The van der Waals surface area contributed by atoms with E-state index in [2.05, 4.69) is 37.2 Å². The molecule has 0 radical (unpaired) electrons. The highest BCUT2D eigenvalue weighted by Gasteiger charge is 2.35. The largest absolute Gasteiger partial charge is 0.481 e. The zero-order valence-electron chi connectivity index (χ0n) is 38.4. The Balaban J connectivity index is 6.02. The van der Waals surface area contributed by atoms with Crippen molar-refractivity contribution >= 4 is 65.1 Å². The number of nitrogens with one attached hydrogen (secondary N) is 7. The maximum absolute atomic E-state index is 13.8. The predicted molar refractivity (Wildman–Crippen MR) is 238 cm³/mol. The SMILES string of the molecule is CC[C@H](C)[C@H](NC(=O)[C@@H](N)CCC(=O)O)C(=O)N[C@@H](C)C(=O)N[C@@H](CC(C)C)[C@@H](O)CN[C@@H](CCSC)C(=O)N[C@H](C(=O)N[C@@H](CC(C)C)C(=O)N[C@@H](CC(=O)O)C(N)=O)C(C)C. The summed E-state index contributed by atoms with van der Waals surface area (Å²) in [5.74, 6) is -8.09. The molecule has 22 heteroatoms. The predicted octanol–water partition coefficient (Wildman–Crippen LogP) is -1.07. The molecule has 0 saturated carbocycles. The summed E-state index contributed by atoms with van der Waals surface area (Å²) < 4.78 is 0. The van der Waals surface area contributed by atoms with Crippen molar-refractivity contribution in [2.24, 2.45) is 35.1 Å². The van der Waals surface area contributed by atoms with E-state index < -0.39 is 120 Å². The van der Waals surface area contributed by atoms with Crippen molar-refractivity contribution < 1.29 is 58.5 Å². The van der Waals surface area contributed by atoms with Crippen LogP contribution in [0.1, 0.15) is 107 Å². The first-order valence-electron chi connectivity index (χ1n) is 21.5. The number of carbonyl (C=O) groups excluding carboxylic acids is 7. The number of aliphatic hydroxyl groups excluding tert-OH is 1. The van der Waals surface area contributed by atoms with Gasteiger partial charge >= 0.3 is 11.9 Å². The van der Waals surface area contributed by atoms with Crippen molar-refractivity contribution in [3.8, 4) is 0 Å². The Kier molecular flexibility index (Phi) is 27.6. The molecule has 0 spiro atoms. The highest BCUT2D eigenvalue weighted by molar-refractivity contribution is 7.98. The van der Waals surface area contributed by atoms with Gasteiger partial charge in [-0.1, -0.05) is 61.8 Å². The second-order valence-electron chi connectivity index (χ2n) is 17.2. The minimum absolute atomic E-state index is 0.00784. The highest BCUT2D eigenvalue weighted by Crippen LogP contribution is 2.14. The van der Waals surface area contributed by atoms with Gasteiger partial charge in [-0.05, 0) is 68.3 Å². The van der Waals surface area contributed by atoms with Crippen LogP contribution in [0.5, 0.6) is 0 Å². The molecule has 21 nitrogen and oxygen atoms in total. The molecule has 0 fully saturated rings. The molecule has 10 atom stereocenters. The number of hydrogen-bond donors (Lipinski definition) is 12. The Morgan fingerprint density at radius 1 is 0.619 bits per heavy atom. The molecule has 0 aromatic rings. The fraction of sp³-hybridized carbons (Fsp3) is 0.780. The molecule has 0 aromatic heterocycles. The van der Waals surface area contributed by atoms with E-state index in [4.69, 9.17) is 21.7 Å². The van der Waals surface area contributed by atoms with Crippen molar-refractivity contribution in [1.82, 2.24) is 37.2 Å². The fourth-order valence-electron chi connectivity index (χ4n) is 6.26. The molecule has 0 rings (SSSR count). The molecule has 0 heterocycles. The number of amides is 7. The second kappa shape index (κ2) is 29.8. The lowest BCUT2D eigenvalue weighted by Crippen LogP contribution is -2.60. The zero-order valence-corrected chi connectivity index (χ0v) is 39.3. The van der Waals surface area contributed by atoms with Gasteiger partial charge in [-0.25, -0.2) is 0 Å². The molecular weight excluding hydrogens is 843 g/mol. The normalized spacial score (nSPS) is 16.2. The van der Waals surface area contributed by atoms with Crippen molar-refractivity contribution in [1.29, 1.82) is 0 Å². The second-order valence-corrected chi connectivity index (χ2v) is 18.2. The first kappa shape index (κ1) is 58.5. The van der Waals surface area contributed by atoms with Gasteiger partial charge in [0, 0.05) is 13.0 Å². The molecule has 0 bridgehead atoms. The number of nitrogens with two attached hydrogens (primary N) is 2. The summed E-state index contributed by atoms with van der Waals surface area (Å²) in [7, 11) is 0. The van der Waals surface area contributed by atoms with Crippen LogP contribution in [0.25, 0.3) is 0 Å². The number of aliphatic hydroxyl groups is 1. The van der Waals surface area contributed by atoms with E-state index in [1.807, 2.05) is 27.0 Å². The average Bonchev–Trinajstić information content (AvgIpc) is 3.18. The van der Waals surface area contributed by atoms with Gasteiger partial charge in [-0.3, -0.25) is 43.2 Å². The lowest BCUT2D eigenvalue weighted by molar-refractivity contribution is -0.140. The number of thioether (sulfide) groups is 1. The summed E-state index contributed by atoms with van der Waals surface area (Å²) in [6.07, 6.45) is 0.587. The molecule has 0 aliphatic rings. The average molecular weight is 918 g/mol. The van der Waals surface area contributed by atoms with Gasteiger partial charge in [0.2, 0.25) is 41.4 Å². The minimum atomic E-state index is -1.52. The van der Waals surface area contributed by atoms with Crippen LogP contribution in [0.4, 0.5) is 0 Å². The van der Waals surface area contributed by atoms with Crippen molar-refractivity contribution in [2.45, 2.75) is 162 Å². The third kappa shape index (κ3) is 23.1. The molecule has 0 aromatic carbocycles. The van der Waals surface area contributed by atoms with Crippen LogP contribution in [0.2, 0.25) is 0 Å². The third-order valence-electron chi connectivity index (χ3n) is 10.2. The number of aliphatic carboxylic acids is 2. The molecule has 0 unspecified atom stereocenters. The van der Waals surface area contributed by atoms with Crippen LogP contribution >= 0.6 is 11.8 Å². The molecule has 14 N–H and O–H groups in total. The summed E-state index contributed by atoms with van der Waals surface area (Å²) in [5.41, 5.74) is 11.1. The summed E-state index contributed by atoms with van der Waals surface area (Å²) in [6.45, 7) is 15.6. The van der Waals surface area contributed by atoms with E-state index in [9.17, 15) is 48.3 Å². The van der Waals surface area contributed by atoms with E-state index in [0.29, 0.717) is 18.6 Å². The lowest BCUT2D eigenvalue weighted by atomic mass is 9.97. The van der Waals surface area contributed by atoms with Crippen molar-refractivity contribution in [2.75, 3.05) is 18.6 Å².